The van der Waals surface area contributed by atoms with Gasteiger partial charge in [0, 0.05) is 12.3 Å². The van der Waals surface area contributed by atoms with Crippen molar-refractivity contribution in [2.45, 2.75) is 12.5 Å². The molecule has 0 bridgehead atoms. The summed E-state index contributed by atoms with van der Waals surface area (Å²) in [6, 6.07) is 13.0. The highest BCUT2D eigenvalue weighted by atomic mass is 16.3. The predicted molar refractivity (Wildman–Crippen MR) is 81.1 cm³/mol. The van der Waals surface area contributed by atoms with Gasteiger partial charge >= 0.3 is 0 Å². The fourth-order valence-corrected chi connectivity index (χ4v) is 2.24. The average molecular weight is 272 g/mol. The Hall–Kier alpha value is -1.88. The van der Waals surface area contributed by atoms with Crippen molar-refractivity contribution < 1.29 is 10.2 Å². The molecule has 1 atom stereocenters. The third kappa shape index (κ3) is 3.17. The Morgan fingerprint density at radius 2 is 1.85 bits per heavy atom. The number of nitrogen functional groups attached to an aromatic ring is 1. The molecule has 4 heteroatoms. The smallest absolute Gasteiger partial charge is 0.0624 e. The van der Waals surface area contributed by atoms with Gasteiger partial charge in [-0.15, -0.1) is 0 Å². The van der Waals surface area contributed by atoms with Gasteiger partial charge in [0.05, 0.1) is 12.6 Å². The van der Waals surface area contributed by atoms with E-state index < -0.39 is 6.04 Å². The summed E-state index contributed by atoms with van der Waals surface area (Å²) in [5.41, 5.74) is 16.3. The first-order valence-electron chi connectivity index (χ1n) is 6.61. The lowest BCUT2D eigenvalue weighted by atomic mass is 9.94. The second-order valence-electron chi connectivity index (χ2n) is 4.80. The molecule has 0 aliphatic rings. The summed E-state index contributed by atoms with van der Waals surface area (Å²) in [7, 11) is 0. The zero-order valence-electron chi connectivity index (χ0n) is 11.3. The summed E-state index contributed by atoms with van der Waals surface area (Å²) in [5, 5.41) is 18.3. The number of anilines is 1. The molecule has 0 radical (unpaired) electrons. The van der Waals surface area contributed by atoms with E-state index in [0.717, 1.165) is 22.3 Å². The summed E-state index contributed by atoms with van der Waals surface area (Å²) >= 11 is 0. The van der Waals surface area contributed by atoms with Gasteiger partial charge in [-0.05, 0) is 46.9 Å². The number of hydrogen-bond acceptors (Lipinski definition) is 4. The molecular weight excluding hydrogens is 252 g/mol. The van der Waals surface area contributed by atoms with Crippen molar-refractivity contribution in [1.82, 2.24) is 0 Å². The van der Waals surface area contributed by atoms with Gasteiger partial charge in [-0.25, -0.2) is 0 Å². The van der Waals surface area contributed by atoms with Crippen LogP contribution in [0.2, 0.25) is 0 Å². The van der Waals surface area contributed by atoms with Crippen LogP contribution in [0.4, 0.5) is 5.69 Å². The third-order valence-electron chi connectivity index (χ3n) is 3.34. The summed E-state index contributed by atoms with van der Waals surface area (Å²) in [5.74, 6) is 0. The molecule has 2 aromatic carbocycles. The molecule has 2 rings (SSSR count). The second-order valence-corrected chi connectivity index (χ2v) is 4.80. The van der Waals surface area contributed by atoms with Gasteiger partial charge in [0.2, 0.25) is 0 Å². The van der Waals surface area contributed by atoms with Gasteiger partial charge in [-0.3, -0.25) is 0 Å². The minimum atomic E-state index is -0.391. The molecule has 0 fully saturated rings. The van der Waals surface area contributed by atoms with Crippen molar-refractivity contribution in [3.05, 3.63) is 53.6 Å². The summed E-state index contributed by atoms with van der Waals surface area (Å²) in [6.45, 7) is -0.00333. The van der Waals surface area contributed by atoms with Crippen molar-refractivity contribution in [1.29, 1.82) is 0 Å². The van der Waals surface area contributed by atoms with Gasteiger partial charge in [0.15, 0.2) is 0 Å². The molecule has 0 spiro atoms. The first kappa shape index (κ1) is 14.5. The Labute approximate surface area is 118 Å². The zero-order valence-corrected chi connectivity index (χ0v) is 11.3. The number of aliphatic hydroxyl groups is 2. The molecule has 1 unspecified atom stereocenters. The standard InChI is InChI=1S/C16H20N2O2/c17-14-5-4-11(6-7-19)15(9-14)12-2-1-3-13(8-12)16(18)10-20/h1-5,8-9,16,19-20H,6-7,10,17-18H2. The predicted octanol–water partition coefficient (Wildman–Crippen LogP) is 1.46. The van der Waals surface area contributed by atoms with E-state index in [-0.39, 0.29) is 13.2 Å². The van der Waals surface area contributed by atoms with E-state index >= 15 is 0 Å². The Balaban J connectivity index is 2.47. The molecule has 106 valence electrons. The van der Waals surface area contributed by atoms with Gasteiger partial charge in [0.1, 0.15) is 0 Å². The summed E-state index contributed by atoms with van der Waals surface area (Å²) < 4.78 is 0. The van der Waals surface area contributed by atoms with Crippen LogP contribution in [0.1, 0.15) is 17.2 Å². The Morgan fingerprint density at radius 1 is 1.05 bits per heavy atom. The van der Waals surface area contributed by atoms with Gasteiger partial charge in [-0.2, -0.15) is 0 Å². The normalized spacial score (nSPS) is 12.3. The van der Waals surface area contributed by atoms with Gasteiger partial charge < -0.3 is 21.7 Å². The minimum absolute atomic E-state index is 0.0900. The molecular formula is C16H20N2O2. The molecule has 0 aliphatic carbocycles. The van der Waals surface area contributed by atoms with E-state index in [1.807, 2.05) is 42.5 Å². The van der Waals surface area contributed by atoms with Crippen LogP contribution in [-0.2, 0) is 6.42 Å². The SMILES string of the molecule is Nc1ccc(CCO)c(-c2cccc(C(N)CO)c2)c1. The quantitative estimate of drug-likeness (QED) is 0.620. The average Bonchev–Trinajstić information content (AvgIpc) is 2.48. The molecule has 0 heterocycles. The van der Waals surface area contributed by atoms with E-state index in [9.17, 15) is 0 Å². The van der Waals surface area contributed by atoms with E-state index in [0.29, 0.717) is 12.1 Å². The van der Waals surface area contributed by atoms with Crippen molar-refractivity contribution in [3.63, 3.8) is 0 Å². The maximum Gasteiger partial charge on any atom is 0.0624 e. The topological polar surface area (TPSA) is 92.5 Å². The van der Waals surface area contributed by atoms with Gasteiger partial charge in [-0.1, -0.05) is 24.3 Å². The van der Waals surface area contributed by atoms with Crippen LogP contribution in [0.5, 0.6) is 0 Å². The lowest BCUT2D eigenvalue weighted by Crippen LogP contribution is -2.14. The minimum Gasteiger partial charge on any atom is -0.399 e. The molecule has 6 N–H and O–H groups in total. The molecule has 20 heavy (non-hydrogen) atoms. The fourth-order valence-electron chi connectivity index (χ4n) is 2.24. The van der Waals surface area contributed by atoms with Crippen LogP contribution in [0.3, 0.4) is 0 Å². The first-order chi connectivity index (χ1) is 9.65. The highest BCUT2D eigenvalue weighted by molar-refractivity contribution is 5.71. The number of nitrogens with two attached hydrogens (primary N) is 2. The maximum absolute atomic E-state index is 9.16. The van der Waals surface area contributed by atoms with Crippen molar-refractivity contribution in [2.75, 3.05) is 18.9 Å². The third-order valence-corrected chi connectivity index (χ3v) is 3.34. The molecule has 0 aliphatic heterocycles. The highest BCUT2D eigenvalue weighted by Gasteiger charge is 2.09. The van der Waals surface area contributed by atoms with Crippen molar-refractivity contribution in [2.24, 2.45) is 5.73 Å². The summed E-state index contributed by atoms with van der Waals surface area (Å²) in [4.78, 5) is 0. The van der Waals surface area contributed by atoms with Crippen LogP contribution in [-0.4, -0.2) is 23.4 Å². The molecule has 2 aromatic rings. The molecule has 0 saturated carbocycles. The van der Waals surface area contributed by atoms with E-state index in [1.165, 1.54) is 0 Å². The number of rotatable bonds is 5. The Morgan fingerprint density at radius 3 is 2.55 bits per heavy atom. The molecule has 4 nitrogen and oxygen atoms in total. The Bertz CT molecular complexity index is 584. The molecule has 0 saturated heterocycles. The van der Waals surface area contributed by atoms with Crippen molar-refractivity contribution >= 4 is 5.69 Å². The second kappa shape index (κ2) is 6.52. The lowest BCUT2D eigenvalue weighted by molar-refractivity contribution is 0.268. The van der Waals surface area contributed by atoms with Crippen LogP contribution in [0.15, 0.2) is 42.5 Å². The maximum atomic E-state index is 9.16. The zero-order chi connectivity index (χ0) is 14.5. The van der Waals surface area contributed by atoms with E-state index in [2.05, 4.69) is 0 Å². The van der Waals surface area contributed by atoms with Crippen LogP contribution < -0.4 is 11.5 Å². The van der Waals surface area contributed by atoms with Crippen LogP contribution >= 0.6 is 0 Å². The van der Waals surface area contributed by atoms with Crippen molar-refractivity contribution in [3.8, 4) is 11.1 Å². The number of benzene rings is 2. The van der Waals surface area contributed by atoms with E-state index in [1.54, 1.807) is 0 Å². The fraction of sp³-hybridized carbons (Fsp3) is 0.250. The molecule has 0 aromatic heterocycles. The largest absolute Gasteiger partial charge is 0.399 e. The number of hydrogen-bond donors (Lipinski definition) is 4. The number of aliphatic hydroxyl groups excluding tert-OH is 2. The van der Waals surface area contributed by atoms with Crippen LogP contribution in [0, 0.1) is 0 Å². The van der Waals surface area contributed by atoms with Crippen LogP contribution in [0.25, 0.3) is 11.1 Å². The highest BCUT2D eigenvalue weighted by Crippen LogP contribution is 2.28. The Kier molecular flexibility index (Phi) is 4.74. The van der Waals surface area contributed by atoms with E-state index in [4.69, 9.17) is 21.7 Å². The monoisotopic (exact) mass is 272 g/mol. The molecule has 0 amide bonds. The first-order valence-corrected chi connectivity index (χ1v) is 6.61. The lowest BCUT2D eigenvalue weighted by Gasteiger charge is -2.13. The van der Waals surface area contributed by atoms with Gasteiger partial charge in [0.25, 0.3) is 0 Å². The summed E-state index contributed by atoms with van der Waals surface area (Å²) in [6.07, 6.45) is 0.575.